The van der Waals surface area contributed by atoms with Crippen LogP contribution in [-0.2, 0) is 0 Å². The van der Waals surface area contributed by atoms with Gasteiger partial charge in [0.05, 0.1) is 5.41 Å². The van der Waals surface area contributed by atoms with Gasteiger partial charge in [0.15, 0.2) is 0 Å². The van der Waals surface area contributed by atoms with Crippen molar-refractivity contribution in [3.05, 3.63) is 24.4 Å². The first-order valence-electron chi connectivity index (χ1n) is 7.81. The molecule has 0 amide bonds. The zero-order valence-electron chi connectivity index (χ0n) is 14.9. The van der Waals surface area contributed by atoms with Crippen LogP contribution in [-0.4, -0.2) is 43.9 Å². The second-order valence-corrected chi connectivity index (χ2v) is 6.51. The Hall–Kier alpha value is -1.05. The van der Waals surface area contributed by atoms with Crippen LogP contribution < -0.4 is 0 Å². The molecule has 0 saturated heterocycles. The van der Waals surface area contributed by atoms with Gasteiger partial charge in [-0.15, -0.1) is 0 Å². The molecule has 0 radical (unpaired) electrons. The highest BCUT2D eigenvalue weighted by molar-refractivity contribution is 5.63. The maximum atomic E-state index is 2.41. The smallest absolute Gasteiger partial charge is 0.149 e. The van der Waals surface area contributed by atoms with E-state index in [2.05, 4.69) is 96.0 Å². The molecule has 0 rings (SSSR count). The van der Waals surface area contributed by atoms with Gasteiger partial charge in [-0.3, -0.25) is 0 Å². The lowest BCUT2D eigenvalue weighted by Crippen LogP contribution is -2.24. The Kier molecular flexibility index (Phi) is 7.85. The van der Waals surface area contributed by atoms with Crippen molar-refractivity contribution in [1.82, 2.24) is 4.90 Å². The van der Waals surface area contributed by atoms with Gasteiger partial charge in [-0.25, -0.2) is 4.58 Å². The molecule has 0 aromatic heterocycles. The summed E-state index contributed by atoms with van der Waals surface area (Å²) in [6.45, 7) is 9.09. The summed E-state index contributed by atoms with van der Waals surface area (Å²) in [6.07, 6.45) is 15.0. The molecule has 116 valence electrons. The number of allylic oxidation sites excluding steroid dienone is 3. The standard InChI is InChI=1S/C18H35N2/c1-9-17(4,14-15-19(5)6)12-13-18(10-2,11-3)16-20(7)8/h12-16H,9-11H2,1-8H3/q+1/b13-12+,15-14+. The molecule has 0 aliphatic rings. The SMILES string of the molecule is CCC(C)(/C=C/N(C)C)/C=C/C(C=[N+](C)C)(CC)CC. The maximum Gasteiger partial charge on any atom is 0.149 e. The second kappa shape index (κ2) is 8.28. The summed E-state index contributed by atoms with van der Waals surface area (Å²) in [5.41, 5.74) is 0.298. The minimum atomic E-state index is 0.125. The Bertz CT molecular complexity index is 356. The van der Waals surface area contributed by atoms with Gasteiger partial charge >= 0.3 is 0 Å². The van der Waals surface area contributed by atoms with E-state index >= 15 is 0 Å². The van der Waals surface area contributed by atoms with Gasteiger partial charge in [-0.2, -0.15) is 0 Å². The average molecular weight is 279 g/mol. The van der Waals surface area contributed by atoms with E-state index in [1.807, 2.05) is 0 Å². The van der Waals surface area contributed by atoms with E-state index < -0.39 is 0 Å². The van der Waals surface area contributed by atoms with Crippen LogP contribution in [0.15, 0.2) is 24.4 Å². The fourth-order valence-electron chi connectivity index (χ4n) is 2.19. The Labute approximate surface area is 126 Å². The summed E-state index contributed by atoms with van der Waals surface area (Å²) in [4.78, 5) is 2.10. The van der Waals surface area contributed by atoms with E-state index in [0.717, 1.165) is 19.3 Å². The third-order valence-electron chi connectivity index (χ3n) is 4.14. The van der Waals surface area contributed by atoms with Crippen molar-refractivity contribution < 1.29 is 4.58 Å². The molecule has 2 heteroatoms. The minimum absolute atomic E-state index is 0.125. The molecular weight excluding hydrogens is 244 g/mol. The summed E-state index contributed by atoms with van der Waals surface area (Å²) in [5.74, 6) is 0. The zero-order chi connectivity index (χ0) is 15.8. The topological polar surface area (TPSA) is 6.25 Å². The summed E-state index contributed by atoms with van der Waals surface area (Å²) in [5, 5.41) is 0. The molecule has 0 N–H and O–H groups in total. The maximum absolute atomic E-state index is 2.41. The third kappa shape index (κ3) is 6.40. The van der Waals surface area contributed by atoms with Crippen molar-refractivity contribution in [2.45, 2.75) is 47.0 Å². The fourth-order valence-corrected chi connectivity index (χ4v) is 2.19. The van der Waals surface area contributed by atoms with Gasteiger partial charge in [-0.05, 0) is 25.5 Å². The van der Waals surface area contributed by atoms with Crippen molar-refractivity contribution in [1.29, 1.82) is 0 Å². The second-order valence-electron chi connectivity index (χ2n) is 6.51. The van der Waals surface area contributed by atoms with E-state index in [9.17, 15) is 0 Å². The predicted molar refractivity (Wildman–Crippen MR) is 91.6 cm³/mol. The highest BCUT2D eigenvalue weighted by Crippen LogP contribution is 2.31. The van der Waals surface area contributed by atoms with E-state index in [1.165, 1.54) is 0 Å². The Balaban J connectivity index is 5.32. The van der Waals surface area contributed by atoms with Crippen LogP contribution in [0.4, 0.5) is 0 Å². The van der Waals surface area contributed by atoms with Crippen LogP contribution in [0, 0.1) is 10.8 Å². The average Bonchev–Trinajstić information content (AvgIpc) is 2.41. The lowest BCUT2D eigenvalue weighted by molar-refractivity contribution is -0.462. The normalized spacial score (nSPS) is 15.6. The van der Waals surface area contributed by atoms with Crippen LogP contribution in [0.2, 0.25) is 0 Å². The largest absolute Gasteiger partial charge is 0.384 e. The van der Waals surface area contributed by atoms with Gasteiger partial charge in [-0.1, -0.05) is 45.9 Å². The van der Waals surface area contributed by atoms with E-state index in [1.54, 1.807) is 0 Å². The first-order chi connectivity index (χ1) is 9.22. The summed E-state index contributed by atoms with van der Waals surface area (Å²) >= 11 is 0. The molecule has 0 aliphatic carbocycles. The molecule has 0 fully saturated rings. The first-order valence-corrected chi connectivity index (χ1v) is 7.81. The number of hydrogen-bond donors (Lipinski definition) is 0. The lowest BCUT2D eigenvalue weighted by Gasteiger charge is -2.25. The summed E-state index contributed by atoms with van der Waals surface area (Å²) in [6, 6.07) is 0. The monoisotopic (exact) mass is 279 g/mol. The van der Waals surface area contributed by atoms with E-state index in [0.29, 0.717) is 0 Å². The summed E-state index contributed by atoms with van der Waals surface area (Å²) < 4.78 is 2.18. The van der Waals surface area contributed by atoms with Gasteiger partial charge in [0.2, 0.25) is 0 Å². The van der Waals surface area contributed by atoms with Crippen molar-refractivity contribution in [2.75, 3.05) is 28.2 Å². The third-order valence-corrected chi connectivity index (χ3v) is 4.14. The van der Waals surface area contributed by atoms with Crippen LogP contribution >= 0.6 is 0 Å². The van der Waals surface area contributed by atoms with E-state index in [4.69, 9.17) is 0 Å². The molecule has 0 spiro atoms. The highest BCUT2D eigenvalue weighted by Gasteiger charge is 2.26. The fraction of sp³-hybridized carbons (Fsp3) is 0.722. The Morgan fingerprint density at radius 3 is 1.80 bits per heavy atom. The molecule has 1 unspecified atom stereocenters. The Morgan fingerprint density at radius 2 is 1.45 bits per heavy atom. The van der Waals surface area contributed by atoms with Crippen molar-refractivity contribution in [2.24, 2.45) is 10.8 Å². The minimum Gasteiger partial charge on any atom is -0.384 e. The zero-order valence-corrected chi connectivity index (χ0v) is 14.9. The van der Waals surface area contributed by atoms with Gasteiger partial charge in [0.1, 0.15) is 20.3 Å². The first kappa shape index (κ1) is 18.9. The summed E-state index contributed by atoms with van der Waals surface area (Å²) in [7, 11) is 8.36. The van der Waals surface area contributed by atoms with Gasteiger partial charge in [0, 0.05) is 19.5 Å². The number of rotatable bonds is 8. The van der Waals surface area contributed by atoms with Crippen LogP contribution in [0.1, 0.15) is 47.0 Å². The molecule has 0 aromatic rings. The quantitative estimate of drug-likeness (QED) is 0.367. The van der Waals surface area contributed by atoms with Crippen LogP contribution in [0.25, 0.3) is 0 Å². The molecule has 0 heterocycles. The molecule has 0 aliphatic heterocycles. The van der Waals surface area contributed by atoms with Crippen molar-refractivity contribution in [3.8, 4) is 0 Å². The van der Waals surface area contributed by atoms with Gasteiger partial charge < -0.3 is 4.90 Å². The van der Waals surface area contributed by atoms with Crippen LogP contribution in [0.3, 0.4) is 0 Å². The molecule has 0 bridgehead atoms. The van der Waals surface area contributed by atoms with Crippen LogP contribution in [0.5, 0.6) is 0 Å². The number of hydrogen-bond acceptors (Lipinski definition) is 1. The number of nitrogens with zero attached hydrogens (tertiary/aromatic N) is 2. The molecule has 2 nitrogen and oxygen atoms in total. The molecule has 20 heavy (non-hydrogen) atoms. The van der Waals surface area contributed by atoms with Crippen molar-refractivity contribution in [3.63, 3.8) is 0 Å². The molecule has 0 saturated carbocycles. The molecule has 1 atom stereocenters. The Morgan fingerprint density at radius 1 is 0.900 bits per heavy atom. The predicted octanol–water partition coefficient (Wildman–Crippen LogP) is 4.18. The van der Waals surface area contributed by atoms with E-state index in [-0.39, 0.29) is 10.8 Å². The highest BCUT2D eigenvalue weighted by atomic mass is 15.0. The van der Waals surface area contributed by atoms with Crippen molar-refractivity contribution >= 4 is 6.21 Å². The van der Waals surface area contributed by atoms with Gasteiger partial charge in [0.25, 0.3) is 0 Å². The lowest BCUT2D eigenvalue weighted by atomic mass is 9.79. The molecular formula is C18H35N2+. The molecule has 0 aromatic carbocycles.